The number of aryl methyl sites for hydroxylation is 2. The van der Waals surface area contributed by atoms with Crippen LogP contribution in [0.1, 0.15) is 39.9 Å². The first-order valence-corrected chi connectivity index (χ1v) is 11.6. The summed E-state index contributed by atoms with van der Waals surface area (Å²) in [5.74, 6) is 0.897. The lowest BCUT2D eigenvalue weighted by Gasteiger charge is -2.34. The van der Waals surface area contributed by atoms with Crippen molar-refractivity contribution in [3.05, 3.63) is 77.0 Å². The van der Waals surface area contributed by atoms with E-state index in [1.807, 2.05) is 56.3 Å². The molecule has 1 amide bonds. The summed E-state index contributed by atoms with van der Waals surface area (Å²) in [6, 6.07) is 15.7. The molecule has 1 fully saturated rings. The fraction of sp³-hybridized carbons (Fsp3) is 0.259. The number of nitrogens with zero attached hydrogens (tertiary/aromatic N) is 4. The summed E-state index contributed by atoms with van der Waals surface area (Å²) in [4.78, 5) is 22.8. The molecule has 0 saturated carbocycles. The highest BCUT2D eigenvalue weighted by molar-refractivity contribution is 5.93. The van der Waals surface area contributed by atoms with E-state index >= 15 is 0 Å². The molecule has 0 radical (unpaired) electrons. The van der Waals surface area contributed by atoms with Crippen LogP contribution in [0.25, 0.3) is 6.08 Å². The Morgan fingerprint density at radius 1 is 1.17 bits per heavy atom. The maximum absolute atomic E-state index is 11.5. The second-order valence-electron chi connectivity index (χ2n) is 8.70. The van der Waals surface area contributed by atoms with Gasteiger partial charge in [-0.15, -0.1) is 0 Å². The molecule has 0 aliphatic carbocycles. The number of nitrogens with two attached hydrogens (primary N) is 1. The molecule has 0 unspecified atom stereocenters. The standard InChI is InChI=1S/C27H29N7O/c1-18-15-20(5-4-11-28)16-19(2)25(18)32-24-8-12-30-27(33-24)31-22-9-13-34(14-10-22)23-7-3-6-21(17-23)26(29)35/h3-8,12,15-17,22H,9-10,13-14H2,1-2H3,(H2,29,35)(H2,30,31,32,33)/b5-4+. The molecule has 8 heteroatoms. The van der Waals surface area contributed by atoms with Gasteiger partial charge in [-0.1, -0.05) is 6.07 Å². The number of benzene rings is 2. The number of hydrogen-bond acceptors (Lipinski definition) is 7. The molecule has 1 aromatic heterocycles. The number of aromatic nitrogens is 2. The third-order valence-electron chi connectivity index (χ3n) is 6.14. The number of primary amides is 1. The van der Waals surface area contributed by atoms with Gasteiger partial charge >= 0.3 is 0 Å². The molecular weight excluding hydrogens is 438 g/mol. The maximum atomic E-state index is 11.5. The zero-order valence-corrected chi connectivity index (χ0v) is 20.0. The predicted molar refractivity (Wildman–Crippen MR) is 140 cm³/mol. The van der Waals surface area contributed by atoms with Crippen LogP contribution < -0.4 is 21.3 Å². The molecule has 0 bridgehead atoms. The second kappa shape index (κ2) is 10.7. The van der Waals surface area contributed by atoms with E-state index in [0.29, 0.717) is 11.5 Å². The van der Waals surface area contributed by atoms with Crippen molar-refractivity contribution in [3.63, 3.8) is 0 Å². The highest BCUT2D eigenvalue weighted by Crippen LogP contribution is 2.27. The number of nitrogens with one attached hydrogen (secondary N) is 2. The molecule has 2 aromatic carbocycles. The van der Waals surface area contributed by atoms with E-state index in [1.165, 1.54) is 6.08 Å². The van der Waals surface area contributed by atoms with E-state index in [9.17, 15) is 4.79 Å². The molecule has 4 rings (SSSR count). The first-order valence-electron chi connectivity index (χ1n) is 11.6. The van der Waals surface area contributed by atoms with Crippen LogP contribution in [0, 0.1) is 25.2 Å². The van der Waals surface area contributed by atoms with Crippen LogP contribution in [0.4, 0.5) is 23.1 Å². The van der Waals surface area contributed by atoms with Crippen LogP contribution in [0.5, 0.6) is 0 Å². The van der Waals surface area contributed by atoms with Gasteiger partial charge in [0, 0.05) is 48.3 Å². The van der Waals surface area contributed by atoms with Crippen molar-refractivity contribution < 1.29 is 4.79 Å². The summed E-state index contributed by atoms with van der Waals surface area (Å²) in [5, 5.41) is 15.7. The number of piperidine rings is 1. The number of hydrogen-bond donors (Lipinski definition) is 3. The Bertz CT molecular complexity index is 1260. The Hall–Kier alpha value is -4.38. The SMILES string of the molecule is Cc1cc(/C=C/C#N)cc(C)c1Nc1ccnc(NC2CCN(c3cccc(C(N)=O)c3)CC2)n1. The molecule has 0 spiro atoms. The fourth-order valence-corrected chi connectivity index (χ4v) is 4.37. The molecule has 178 valence electrons. The van der Waals surface area contributed by atoms with Crippen molar-refractivity contribution in [2.75, 3.05) is 28.6 Å². The number of nitriles is 1. The molecule has 1 aliphatic rings. The highest BCUT2D eigenvalue weighted by atomic mass is 16.1. The van der Waals surface area contributed by atoms with Crippen molar-refractivity contribution in [2.24, 2.45) is 5.73 Å². The van der Waals surface area contributed by atoms with Crippen molar-refractivity contribution in [1.29, 1.82) is 5.26 Å². The molecule has 8 nitrogen and oxygen atoms in total. The Morgan fingerprint density at radius 2 is 1.91 bits per heavy atom. The maximum Gasteiger partial charge on any atom is 0.248 e. The zero-order valence-electron chi connectivity index (χ0n) is 20.0. The summed E-state index contributed by atoms with van der Waals surface area (Å²) in [6.45, 7) is 5.80. The van der Waals surface area contributed by atoms with Crippen molar-refractivity contribution in [1.82, 2.24) is 9.97 Å². The number of rotatable bonds is 7. The largest absolute Gasteiger partial charge is 0.371 e. The lowest BCUT2D eigenvalue weighted by Crippen LogP contribution is -2.39. The van der Waals surface area contributed by atoms with Crippen LogP contribution in [0.15, 0.2) is 54.7 Å². The number of carbonyl (C=O) groups excluding carboxylic acids is 1. The smallest absolute Gasteiger partial charge is 0.248 e. The Labute approximate surface area is 205 Å². The Balaban J connectivity index is 1.38. The average molecular weight is 468 g/mol. The summed E-state index contributed by atoms with van der Waals surface area (Å²) < 4.78 is 0. The van der Waals surface area contributed by atoms with E-state index in [-0.39, 0.29) is 6.04 Å². The van der Waals surface area contributed by atoms with Crippen LogP contribution in [-0.2, 0) is 0 Å². The molecule has 2 heterocycles. The minimum atomic E-state index is -0.411. The first-order chi connectivity index (χ1) is 16.9. The quantitative estimate of drug-likeness (QED) is 0.436. The Morgan fingerprint density at radius 3 is 2.60 bits per heavy atom. The van der Waals surface area contributed by atoms with Crippen LogP contribution in [0.3, 0.4) is 0 Å². The van der Waals surface area contributed by atoms with Gasteiger partial charge in [0.2, 0.25) is 11.9 Å². The van der Waals surface area contributed by atoms with Crippen molar-refractivity contribution >= 4 is 35.1 Å². The van der Waals surface area contributed by atoms with Crippen molar-refractivity contribution in [2.45, 2.75) is 32.7 Å². The third kappa shape index (κ3) is 5.95. The summed E-state index contributed by atoms with van der Waals surface area (Å²) in [5.41, 5.74) is 11.1. The topological polar surface area (TPSA) is 120 Å². The number of carbonyl (C=O) groups is 1. The molecule has 4 N–H and O–H groups in total. The van der Waals surface area contributed by atoms with Gasteiger partial charge in [0.1, 0.15) is 5.82 Å². The molecule has 0 atom stereocenters. The van der Waals surface area contributed by atoms with E-state index in [2.05, 4.69) is 25.5 Å². The van der Waals surface area contributed by atoms with E-state index < -0.39 is 5.91 Å². The average Bonchev–Trinajstić information content (AvgIpc) is 2.86. The van der Waals surface area contributed by atoms with Gasteiger partial charge in [-0.25, -0.2) is 4.98 Å². The van der Waals surface area contributed by atoms with Gasteiger partial charge in [-0.05, 0) is 85.9 Å². The molecule has 3 aromatic rings. The van der Waals surface area contributed by atoms with Gasteiger partial charge in [-0.2, -0.15) is 10.2 Å². The lowest BCUT2D eigenvalue weighted by molar-refractivity contribution is 0.100. The monoisotopic (exact) mass is 467 g/mol. The predicted octanol–water partition coefficient (Wildman–Crippen LogP) is 4.55. The van der Waals surface area contributed by atoms with Gasteiger partial charge in [-0.3, -0.25) is 4.79 Å². The number of allylic oxidation sites excluding steroid dienone is 1. The minimum absolute atomic E-state index is 0.260. The zero-order chi connectivity index (χ0) is 24.8. The van der Waals surface area contributed by atoms with Gasteiger partial charge in [0.15, 0.2) is 0 Å². The first kappa shape index (κ1) is 23.8. The van der Waals surface area contributed by atoms with Crippen LogP contribution >= 0.6 is 0 Å². The Kier molecular flexibility index (Phi) is 7.27. The van der Waals surface area contributed by atoms with Gasteiger partial charge in [0.05, 0.1) is 6.07 Å². The fourth-order valence-electron chi connectivity index (χ4n) is 4.37. The summed E-state index contributed by atoms with van der Waals surface area (Å²) in [6.07, 6.45) is 6.88. The summed E-state index contributed by atoms with van der Waals surface area (Å²) in [7, 11) is 0. The van der Waals surface area contributed by atoms with Crippen LogP contribution in [0.2, 0.25) is 0 Å². The summed E-state index contributed by atoms with van der Waals surface area (Å²) >= 11 is 0. The van der Waals surface area contributed by atoms with E-state index in [1.54, 1.807) is 18.3 Å². The van der Waals surface area contributed by atoms with Gasteiger partial charge < -0.3 is 21.3 Å². The van der Waals surface area contributed by atoms with Gasteiger partial charge in [0.25, 0.3) is 0 Å². The molecular formula is C27H29N7O. The van der Waals surface area contributed by atoms with Crippen LogP contribution in [-0.4, -0.2) is 35.0 Å². The minimum Gasteiger partial charge on any atom is -0.371 e. The number of anilines is 4. The van der Waals surface area contributed by atoms with E-state index in [0.717, 1.165) is 59.8 Å². The normalized spacial score (nSPS) is 14.0. The van der Waals surface area contributed by atoms with E-state index in [4.69, 9.17) is 11.0 Å². The second-order valence-corrected chi connectivity index (χ2v) is 8.70. The third-order valence-corrected chi connectivity index (χ3v) is 6.14. The molecule has 1 aliphatic heterocycles. The molecule has 1 saturated heterocycles. The van der Waals surface area contributed by atoms with Crippen molar-refractivity contribution in [3.8, 4) is 6.07 Å². The highest BCUT2D eigenvalue weighted by Gasteiger charge is 2.20. The number of amides is 1. The lowest BCUT2D eigenvalue weighted by atomic mass is 10.0. The molecule has 35 heavy (non-hydrogen) atoms.